The molecule has 0 saturated carbocycles. The first-order chi connectivity index (χ1) is 15.0. The summed E-state index contributed by atoms with van der Waals surface area (Å²) in [7, 11) is 0. The van der Waals surface area contributed by atoms with Gasteiger partial charge in [0, 0.05) is 31.5 Å². The van der Waals surface area contributed by atoms with Crippen LogP contribution in [0.5, 0.6) is 5.75 Å². The maximum absolute atomic E-state index is 13.3. The van der Waals surface area contributed by atoms with Gasteiger partial charge < -0.3 is 19.3 Å². The fourth-order valence-corrected chi connectivity index (χ4v) is 5.28. The van der Waals surface area contributed by atoms with E-state index in [1.165, 1.54) is 11.8 Å². The zero-order valence-electron chi connectivity index (χ0n) is 18.2. The number of amides is 2. The van der Waals surface area contributed by atoms with Gasteiger partial charge in [0.05, 0.1) is 18.7 Å². The van der Waals surface area contributed by atoms with Crippen molar-refractivity contribution in [2.24, 2.45) is 0 Å². The first-order valence-corrected chi connectivity index (χ1v) is 11.8. The van der Waals surface area contributed by atoms with E-state index < -0.39 is 0 Å². The second kappa shape index (κ2) is 9.83. The topological polar surface area (TPSA) is 59.1 Å². The molecule has 166 valence electrons. The van der Waals surface area contributed by atoms with Crippen LogP contribution in [0, 0.1) is 6.92 Å². The maximum atomic E-state index is 13.3. The Hall–Kier alpha value is -2.38. The van der Waals surface area contributed by atoms with Crippen molar-refractivity contribution in [2.45, 2.75) is 45.3 Å². The van der Waals surface area contributed by atoms with E-state index in [1.54, 1.807) is 16.2 Å². The van der Waals surface area contributed by atoms with Gasteiger partial charge in [-0.2, -0.15) is 0 Å². The average molecular weight is 443 g/mol. The Morgan fingerprint density at radius 2 is 2.13 bits per heavy atom. The third-order valence-corrected chi connectivity index (χ3v) is 7.12. The third kappa shape index (κ3) is 5.10. The molecule has 2 amide bonds. The lowest BCUT2D eigenvalue weighted by Crippen LogP contribution is -2.48. The van der Waals surface area contributed by atoms with Gasteiger partial charge in [0.2, 0.25) is 11.8 Å². The van der Waals surface area contributed by atoms with Gasteiger partial charge in [-0.15, -0.1) is 11.3 Å². The molecule has 2 aromatic rings. The molecule has 7 heteroatoms. The van der Waals surface area contributed by atoms with E-state index in [2.05, 4.69) is 11.4 Å². The van der Waals surface area contributed by atoms with E-state index in [0.717, 1.165) is 42.7 Å². The number of benzene rings is 1. The Kier molecular flexibility index (Phi) is 6.92. The van der Waals surface area contributed by atoms with E-state index in [1.807, 2.05) is 36.1 Å². The highest BCUT2D eigenvalue weighted by Crippen LogP contribution is 2.34. The molecule has 31 heavy (non-hydrogen) atoms. The summed E-state index contributed by atoms with van der Waals surface area (Å²) in [5.74, 6) is 0.703. The van der Waals surface area contributed by atoms with Crippen molar-refractivity contribution in [1.29, 1.82) is 0 Å². The van der Waals surface area contributed by atoms with Gasteiger partial charge in [0.15, 0.2) is 0 Å². The number of carbonyl (C=O) groups excluding carboxylic acids is 2. The monoisotopic (exact) mass is 442 g/mol. The molecule has 4 rings (SSSR count). The van der Waals surface area contributed by atoms with Gasteiger partial charge in [0.1, 0.15) is 12.4 Å². The van der Waals surface area contributed by atoms with Crippen LogP contribution in [0.1, 0.15) is 41.8 Å². The predicted octanol–water partition coefficient (Wildman–Crippen LogP) is 3.59. The molecule has 0 aliphatic carbocycles. The van der Waals surface area contributed by atoms with Crippen molar-refractivity contribution >= 4 is 23.2 Å². The molecule has 3 heterocycles. The van der Waals surface area contributed by atoms with Crippen molar-refractivity contribution < 1.29 is 19.1 Å². The molecule has 2 aliphatic heterocycles. The molecule has 1 saturated heterocycles. The van der Waals surface area contributed by atoms with Gasteiger partial charge in [-0.3, -0.25) is 9.59 Å². The standard InChI is InChI=1S/C24H30N2O4S/c1-17-6-3-4-8-22(17)30-16-21-20-10-13-31-23(20)9-11-26(21)24(28)15-25(18(2)27)14-19-7-5-12-29-19/h3-4,6,8,10,13,19,21H,5,7,9,11-12,14-16H2,1-2H3. The maximum Gasteiger partial charge on any atom is 0.242 e. The lowest BCUT2D eigenvalue weighted by atomic mass is 10.00. The largest absolute Gasteiger partial charge is 0.491 e. The summed E-state index contributed by atoms with van der Waals surface area (Å²) in [5.41, 5.74) is 2.23. The lowest BCUT2D eigenvalue weighted by molar-refractivity contribution is -0.142. The quantitative estimate of drug-likeness (QED) is 0.658. The van der Waals surface area contributed by atoms with Gasteiger partial charge in [-0.05, 0) is 54.8 Å². The van der Waals surface area contributed by atoms with E-state index in [-0.39, 0.29) is 30.5 Å². The minimum atomic E-state index is -0.154. The van der Waals surface area contributed by atoms with E-state index in [9.17, 15) is 9.59 Å². The summed E-state index contributed by atoms with van der Waals surface area (Å²) in [6.07, 6.45) is 2.82. The van der Waals surface area contributed by atoms with Crippen LogP contribution < -0.4 is 4.74 Å². The molecule has 2 unspecified atom stereocenters. The molecule has 2 aliphatic rings. The first-order valence-electron chi connectivity index (χ1n) is 10.9. The predicted molar refractivity (Wildman–Crippen MR) is 120 cm³/mol. The van der Waals surface area contributed by atoms with Crippen LogP contribution in [-0.2, 0) is 20.7 Å². The van der Waals surface area contributed by atoms with Crippen molar-refractivity contribution in [3.05, 3.63) is 51.7 Å². The van der Waals surface area contributed by atoms with Crippen LogP contribution in [0.3, 0.4) is 0 Å². The number of carbonyl (C=O) groups is 2. The first kappa shape index (κ1) is 21.8. The Balaban J connectivity index is 1.48. The van der Waals surface area contributed by atoms with Crippen molar-refractivity contribution in [1.82, 2.24) is 9.80 Å². The third-order valence-electron chi connectivity index (χ3n) is 6.12. The van der Waals surface area contributed by atoms with Crippen molar-refractivity contribution in [3.8, 4) is 5.75 Å². The van der Waals surface area contributed by atoms with Crippen LogP contribution in [-0.4, -0.2) is 60.6 Å². The highest BCUT2D eigenvalue weighted by molar-refractivity contribution is 7.10. The molecular formula is C24H30N2O4S. The molecule has 0 bridgehead atoms. The number of nitrogens with zero attached hydrogens (tertiary/aromatic N) is 2. The molecular weight excluding hydrogens is 412 g/mol. The molecule has 0 spiro atoms. The minimum Gasteiger partial charge on any atom is -0.491 e. The highest BCUT2D eigenvalue weighted by Gasteiger charge is 2.34. The fourth-order valence-electron chi connectivity index (χ4n) is 4.35. The summed E-state index contributed by atoms with van der Waals surface area (Å²) < 4.78 is 11.8. The van der Waals surface area contributed by atoms with Crippen LogP contribution in [0.15, 0.2) is 35.7 Å². The van der Waals surface area contributed by atoms with E-state index in [0.29, 0.717) is 19.7 Å². The number of rotatable bonds is 7. The lowest BCUT2D eigenvalue weighted by Gasteiger charge is -2.37. The van der Waals surface area contributed by atoms with Gasteiger partial charge >= 0.3 is 0 Å². The zero-order valence-corrected chi connectivity index (χ0v) is 19.0. The van der Waals surface area contributed by atoms with E-state index in [4.69, 9.17) is 9.47 Å². The van der Waals surface area contributed by atoms with Crippen LogP contribution in [0.25, 0.3) is 0 Å². The van der Waals surface area contributed by atoms with Gasteiger partial charge in [0.25, 0.3) is 0 Å². The van der Waals surface area contributed by atoms with Crippen LogP contribution in [0.4, 0.5) is 0 Å². The van der Waals surface area contributed by atoms with Crippen molar-refractivity contribution in [2.75, 3.05) is 32.8 Å². The fraction of sp³-hybridized carbons (Fsp3) is 0.500. The summed E-state index contributed by atoms with van der Waals surface area (Å²) in [6, 6.07) is 9.86. The Morgan fingerprint density at radius 1 is 1.29 bits per heavy atom. The number of fused-ring (bicyclic) bond motifs is 1. The Labute approximate surface area is 187 Å². The second-order valence-corrected chi connectivity index (χ2v) is 9.26. The Bertz CT molecular complexity index is 922. The number of hydrogen-bond acceptors (Lipinski definition) is 5. The summed E-state index contributed by atoms with van der Waals surface area (Å²) >= 11 is 1.73. The molecule has 2 atom stereocenters. The minimum absolute atomic E-state index is 0.0294. The second-order valence-electron chi connectivity index (χ2n) is 8.26. The normalized spacial score (nSPS) is 20.4. The average Bonchev–Trinajstić information content (AvgIpc) is 3.44. The molecule has 0 radical (unpaired) electrons. The van der Waals surface area contributed by atoms with Crippen LogP contribution in [0.2, 0.25) is 0 Å². The number of thiophene rings is 1. The molecule has 1 aromatic heterocycles. The zero-order chi connectivity index (χ0) is 21.8. The number of para-hydroxylation sites is 1. The van der Waals surface area contributed by atoms with Gasteiger partial charge in [-0.25, -0.2) is 0 Å². The summed E-state index contributed by atoms with van der Waals surface area (Å²) in [5, 5.41) is 2.08. The molecule has 1 aromatic carbocycles. The Morgan fingerprint density at radius 3 is 2.87 bits per heavy atom. The van der Waals surface area contributed by atoms with Crippen molar-refractivity contribution in [3.63, 3.8) is 0 Å². The SMILES string of the molecule is CC(=O)N(CC(=O)N1CCc2sccc2C1COc1ccccc1C)CC1CCCO1. The molecule has 6 nitrogen and oxygen atoms in total. The number of aryl methyl sites for hydroxylation is 1. The highest BCUT2D eigenvalue weighted by atomic mass is 32.1. The van der Waals surface area contributed by atoms with Gasteiger partial charge in [-0.1, -0.05) is 18.2 Å². The molecule has 0 N–H and O–H groups in total. The van der Waals surface area contributed by atoms with E-state index >= 15 is 0 Å². The summed E-state index contributed by atoms with van der Waals surface area (Å²) in [4.78, 5) is 30.4. The smallest absolute Gasteiger partial charge is 0.242 e. The number of ether oxygens (including phenoxy) is 2. The molecule has 1 fully saturated rings. The summed E-state index contributed by atoms with van der Waals surface area (Å²) in [6.45, 7) is 5.86. The number of hydrogen-bond donors (Lipinski definition) is 0. The van der Waals surface area contributed by atoms with Crippen LogP contribution >= 0.6 is 11.3 Å².